The molecule has 0 bridgehead atoms. The van der Waals surface area contributed by atoms with Crippen LogP contribution in [-0.4, -0.2) is 16.9 Å². The van der Waals surface area contributed by atoms with Gasteiger partial charge in [-0.15, -0.1) is 0 Å². The van der Waals surface area contributed by atoms with Crippen molar-refractivity contribution in [2.75, 3.05) is 0 Å². The average Bonchev–Trinajstić information content (AvgIpc) is 2.77. The molecule has 31 heavy (non-hydrogen) atoms. The Labute approximate surface area is 187 Å². The zero-order valence-corrected chi connectivity index (χ0v) is 18.4. The van der Waals surface area contributed by atoms with Crippen molar-refractivity contribution in [2.45, 2.75) is 39.0 Å². The molecule has 0 amide bonds. The lowest BCUT2D eigenvalue weighted by atomic mass is 9.98. The Balaban J connectivity index is 1.69. The van der Waals surface area contributed by atoms with E-state index in [0.29, 0.717) is 28.5 Å². The van der Waals surface area contributed by atoms with Gasteiger partial charge in [0.15, 0.2) is 0 Å². The summed E-state index contributed by atoms with van der Waals surface area (Å²) in [7, 11) is 0. The highest BCUT2D eigenvalue weighted by atomic mass is 32.1. The number of nitrogens with two attached hydrogens (primary N) is 1. The Morgan fingerprint density at radius 3 is 2.26 bits per heavy atom. The Bertz CT molecular complexity index is 1110. The first-order valence-electron chi connectivity index (χ1n) is 10.2. The number of carbonyl (C=O) groups is 2. The molecule has 0 fully saturated rings. The highest BCUT2D eigenvalue weighted by molar-refractivity contribution is 7.80. The minimum atomic E-state index is -0.453. The van der Waals surface area contributed by atoms with E-state index in [-0.39, 0.29) is 11.9 Å². The zero-order valence-electron chi connectivity index (χ0n) is 17.6. The summed E-state index contributed by atoms with van der Waals surface area (Å²) in [4.78, 5) is 24.7. The molecule has 0 radical (unpaired) electrons. The molecule has 0 unspecified atom stereocenters. The lowest BCUT2D eigenvalue weighted by Gasteiger charge is -2.13. The number of unbranched alkanes of at least 4 members (excludes halogenated alkanes) is 1. The van der Waals surface area contributed by atoms with E-state index in [1.807, 2.05) is 37.3 Å². The maximum absolute atomic E-state index is 12.6. The molecular formula is C25H25NO4S. The molecule has 0 aliphatic rings. The molecule has 1 atom stereocenters. The Morgan fingerprint density at radius 1 is 0.935 bits per heavy atom. The highest BCUT2D eigenvalue weighted by Gasteiger charge is 2.18. The summed E-state index contributed by atoms with van der Waals surface area (Å²) in [6.07, 6.45) is 2.17. The average molecular weight is 436 g/mol. The number of hydrogen-bond acceptors (Lipinski definition) is 5. The van der Waals surface area contributed by atoms with Gasteiger partial charge in [-0.2, -0.15) is 0 Å². The van der Waals surface area contributed by atoms with Crippen LogP contribution in [-0.2, 0) is 9.59 Å². The summed E-state index contributed by atoms with van der Waals surface area (Å²) in [5, 5.41) is 1.88. The van der Waals surface area contributed by atoms with Crippen molar-refractivity contribution in [1.29, 1.82) is 0 Å². The summed E-state index contributed by atoms with van der Waals surface area (Å²) < 4.78 is 10.9. The van der Waals surface area contributed by atoms with Crippen LogP contribution in [0.25, 0.3) is 10.8 Å². The second kappa shape index (κ2) is 10.2. The quantitative estimate of drug-likeness (QED) is 0.295. The SMILES string of the molecule is CCCCC(=O)Oc1ccc2cc([C@H](C)C(=O)Oc3ccc(C(N)=S)cc3)ccc2c1. The van der Waals surface area contributed by atoms with Crippen LogP contribution in [0.3, 0.4) is 0 Å². The van der Waals surface area contributed by atoms with E-state index >= 15 is 0 Å². The van der Waals surface area contributed by atoms with Crippen molar-refractivity contribution >= 4 is 39.9 Å². The molecule has 3 rings (SSSR count). The van der Waals surface area contributed by atoms with Crippen molar-refractivity contribution in [3.05, 3.63) is 71.8 Å². The number of hydrogen-bond donors (Lipinski definition) is 1. The van der Waals surface area contributed by atoms with Crippen LogP contribution < -0.4 is 15.2 Å². The van der Waals surface area contributed by atoms with Crippen molar-refractivity contribution in [1.82, 2.24) is 0 Å². The molecule has 0 aromatic heterocycles. The maximum Gasteiger partial charge on any atom is 0.318 e. The highest BCUT2D eigenvalue weighted by Crippen LogP contribution is 2.27. The van der Waals surface area contributed by atoms with Gasteiger partial charge in [0.05, 0.1) is 5.92 Å². The monoisotopic (exact) mass is 435 g/mol. The number of thiocarbonyl (C=S) groups is 1. The molecule has 160 valence electrons. The van der Waals surface area contributed by atoms with Crippen LogP contribution >= 0.6 is 12.2 Å². The molecule has 5 nitrogen and oxygen atoms in total. The largest absolute Gasteiger partial charge is 0.427 e. The van der Waals surface area contributed by atoms with Gasteiger partial charge in [0.2, 0.25) is 0 Å². The van der Waals surface area contributed by atoms with Gasteiger partial charge in [-0.05, 0) is 66.1 Å². The molecule has 2 N–H and O–H groups in total. The van der Waals surface area contributed by atoms with E-state index in [0.717, 1.165) is 29.2 Å². The lowest BCUT2D eigenvalue weighted by Crippen LogP contribution is -2.16. The zero-order chi connectivity index (χ0) is 22.4. The molecule has 0 aliphatic heterocycles. The Hall–Kier alpha value is -3.25. The summed E-state index contributed by atoms with van der Waals surface area (Å²) in [5.74, 6) is -0.0768. The van der Waals surface area contributed by atoms with Crippen molar-refractivity contribution < 1.29 is 19.1 Å². The van der Waals surface area contributed by atoms with Gasteiger partial charge in [-0.25, -0.2) is 0 Å². The summed E-state index contributed by atoms with van der Waals surface area (Å²) in [6.45, 7) is 3.83. The fraction of sp³-hybridized carbons (Fsp3) is 0.240. The number of benzene rings is 3. The van der Waals surface area contributed by atoms with Crippen molar-refractivity contribution in [3.63, 3.8) is 0 Å². The number of esters is 2. The van der Waals surface area contributed by atoms with Gasteiger partial charge < -0.3 is 15.2 Å². The smallest absolute Gasteiger partial charge is 0.318 e. The molecule has 0 heterocycles. The summed E-state index contributed by atoms with van der Waals surface area (Å²) in [5.41, 5.74) is 7.14. The van der Waals surface area contributed by atoms with Gasteiger partial charge >= 0.3 is 11.9 Å². The van der Waals surface area contributed by atoms with Crippen LogP contribution in [0.4, 0.5) is 0 Å². The van der Waals surface area contributed by atoms with E-state index in [1.54, 1.807) is 37.3 Å². The second-order valence-electron chi connectivity index (χ2n) is 7.38. The van der Waals surface area contributed by atoms with E-state index in [9.17, 15) is 9.59 Å². The Kier molecular flexibility index (Phi) is 7.36. The molecular weight excluding hydrogens is 410 g/mol. The normalized spacial score (nSPS) is 11.7. The number of carbonyl (C=O) groups excluding carboxylic acids is 2. The molecule has 0 saturated carbocycles. The number of rotatable bonds is 8. The van der Waals surface area contributed by atoms with Gasteiger partial charge in [-0.1, -0.05) is 49.8 Å². The van der Waals surface area contributed by atoms with E-state index in [2.05, 4.69) is 0 Å². The molecule has 3 aromatic carbocycles. The van der Waals surface area contributed by atoms with Gasteiger partial charge in [0.1, 0.15) is 16.5 Å². The topological polar surface area (TPSA) is 78.6 Å². The van der Waals surface area contributed by atoms with Crippen LogP contribution in [0.2, 0.25) is 0 Å². The van der Waals surface area contributed by atoms with Crippen LogP contribution in [0, 0.1) is 0 Å². The minimum absolute atomic E-state index is 0.226. The van der Waals surface area contributed by atoms with Gasteiger partial charge in [-0.3, -0.25) is 9.59 Å². The second-order valence-corrected chi connectivity index (χ2v) is 7.82. The van der Waals surface area contributed by atoms with Crippen LogP contribution in [0.1, 0.15) is 50.2 Å². The molecule has 0 saturated heterocycles. The predicted octanol–water partition coefficient (Wildman–Crippen LogP) is 5.28. The standard InChI is InChI=1S/C25H25NO4S/c1-3-4-5-23(27)29-22-13-10-19-14-18(6-7-20(19)15-22)16(2)25(28)30-21-11-8-17(9-12-21)24(26)31/h6-16H,3-5H2,1-2H3,(H2,26,31)/t16-/m0/s1. The first-order valence-corrected chi connectivity index (χ1v) is 10.6. The molecule has 3 aromatic rings. The minimum Gasteiger partial charge on any atom is -0.427 e. The van der Waals surface area contributed by atoms with Gasteiger partial charge in [0, 0.05) is 12.0 Å². The van der Waals surface area contributed by atoms with Crippen molar-refractivity contribution in [2.24, 2.45) is 5.73 Å². The third-order valence-corrected chi connectivity index (χ3v) is 5.25. The fourth-order valence-corrected chi connectivity index (χ4v) is 3.24. The Morgan fingerprint density at radius 2 is 1.58 bits per heavy atom. The predicted molar refractivity (Wildman–Crippen MR) is 125 cm³/mol. The van der Waals surface area contributed by atoms with Crippen LogP contribution in [0.5, 0.6) is 11.5 Å². The fourth-order valence-electron chi connectivity index (χ4n) is 3.11. The maximum atomic E-state index is 12.6. The van der Waals surface area contributed by atoms with E-state index in [4.69, 9.17) is 27.4 Å². The van der Waals surface area contributed by atoms with E-state index < -0.39 is 5.92 Å². The molecule has 6 heteroatoms. The lowest BCUT2D eigenvalue weighted by molar-refractivity contribution is -0.136. The molecule has 0 aliphatic carbocycles. The number of ether oxygens (including phenoxy) is 2. The first kappa shape index (κ1) is 22.4. The third-order valence-electron chi connectivity index (χ3n) is 5.01. The van der Waals surface area contributed by atoms with Gasteiger partial charge in [0.25, 0.3) is 0 Å². The third kappa shape index (κ3) is 5.89. The summed E-state index contributed by atoms with van der Waals surface area (Å²) >= 11 is 4.93. The first-order chi connectivity index (χ1) is 14.9. The van der Waals surface area contributed by atoms with E-state index in [1.165, 1.54) is 0 Å². The van der Waals surface area contributed by atoms with Crippen LogP contribution in [0.15, 0.2) is 60.7 Å². The van der Waals surface area contributed by atoms with Crippen molar-refractivity contribution in [3.8, 4) is 11.5 Å². The molecule has 0 spiro atoms. The summed E-state index contributed by atoms with van der Waals surface area (Å²) in [6, 6.07) is 18.0. The number of fused-ring (bicyclic) bond motifs is 1.